The standard InChI is InChI=1S/C23H21BrN2O2.ClH/c24-19-10-4-7-13-22(19)28-16-18(27)15-26-21-12-6-5-11-20(21)25-23(26)14-17-8-2-1-3-9-17;/h1-13,18,27H,14-16H2;1H. The molecule has 6 heteroatoms. The molecule has 150 valence electrons. The number of fused-ring (bicyclic) bond motifs is 1. The first kappa shape index (κ1) is 21.4. The third kappa shape index (κ3) is 5.18. The van der Waals surface area contributed by atoms with Crippen LogP contribution >= 0.6 is 28.3 Å². The first-order valence-corrected chi connectivity index (χ1v) is 10.0. The molecular weight excluding hydrogens is 452 g/mol. The number of aromatic nitrogens is 2. The van der Waals surface area contributed by atoms with E-state index in [-0.39, 0.29) is 19.0 Å². The maximum atomic E-state index is 10.6. The molecule has 1 aromatic heterocycles. The minimum absolute atomic E-state index is 0. The Morgan fingerprint density at radius 3 is 2.41 bits per heavy atom. The molecule has 4 aromatic rings. The van der Waals surface area contributed by atoms with Crippen molar-refractivity contribution in [3.05, 3.63) is 94.7 Å². The monoisotopic (exact) mass is 472 g/mol. The van der Waals surface area contributed by atoms with Crippen LogP contribution in [0.25, 0.3) is 11.0 Å². The van der Waals surface area contributed by atoms with Crippen molar-refractivity contribution >= 4 is 39.4 Å². The molecule has 0 fully saturated rings. The summed E-state index contributed by atoms with van der Waals surface area (Å²) in [6.45, 7) is 0.632. The fraction of sp³-hybridized carbons (Fsp3) is 0.174. The highest BCUT2D eigenvalue weighted by Crippen LogP contribution is 2.24. The first-order chi connectivity index (χ1) is 13.7. The van der Waals surface area contributed by atoms with E-state index >= 15 is 0 Å². The largest absolute Gasteiger partial charge is 0.490 e. The number of benzene rings is 3. The molecule has 3 aromatic carbocycles. The van der Waals surface area contributed by atoms with Gasteiger partial charge in [0, 0.05) is 6.42 Å². The number of rotatable bonds is 7. The van der Waals surface area contributed by atoms with E-state index in [1.165, 1.54) is 5.56 Å². The van der Waals surface area contributed by atoms with E-state index < -0.39 is 6.10 Å². The topological polar surface area (TPSA) is 47.3 Å². The minimum atomic E-state index is -0.653. The quantitative estimate of drug-likeness (QED) is 0.399. The maximum absolute atomic E-state index is 10.6. The zero-order chi connectivity index (χ0) is 19.3. The molecule has 4 rings (SSSR count). The van der Waals surface area contributed by atoms with Gasteiger partial charge in [0.2, 0.25) is 0 Å². The lowest BCUT2D eigenvalue weighted by molar-refractivity contribution is 0.0924. The van der Waals surface area contributed by atoms with Crippen LogP contribution in [0.5, 0.6) is 5.75 Å². The molecule has 0 radical (unpaired) electrons. The Labute approximate surface area is 184 Å². The van der Waals surface area contributed by atoms with E-state index in [1.54, 1.807) is 0 Å². The lowest BCUT2D eigenvalue weighted by atomic mass is 10.1. The summed E-state index contributed by atoms with van der Waals surface area (Å²) in [5, 5.41) is 10.6. The molecule has 0 bridgehead atoms. The Kier molecular flexibility index (Phi) is 7.31. The van der Waals surface area contributed by atoms with Crippen molar-refractivity contribution in [1.82, 2.24) is 9.55 Å². The zero-order valence-corrected chi connectivity index (χ0v) is 18.1. The molecule has 1 atom stereocenters. The Hall–Kier alpha value is -2.34. The molecule has 1 heterocycles. The van der Waals surface area contributed by atoms with Crippen LogP contribution in [0.2, 0.25) is 0 Å². The van der Waals surface area contributed by atoms with Crippen LogP contribution in [0.15, 0.2) is 83.3 Å². The van der Waals surface area contributed by atoms with Gasteiger partial charge in [0.15, 0.2) is 0 Å². The highest BCUT2D eigenvalue weighted by molar-refractivity contribution is 9.10. The van der Waals surface area contributed by atoms with Crippen LogP contribution in [0, 0.1) is 0 Å². The number of hydrogen-bond donors (Lipinski definition) is 1. The van der Waals surface area contributed by atoms with Gasteiger partial charge in [-0.3, -0.25) is 0 Å². The number of ether oxygens (including phenoxy) is 1. The average molecular weight is 474 g/mol. The van der Waals surface area contributed by atoms with Gasteiger partial charge in [-0.2, -0.15) is 0 Å². The SMILES string of the molecule is Cl.OC(COc1ccccc1Br)Cn1c(Cc2ccccc2)nc2ccccc21. The van der Waals surface area contributed by atoms with Crippen LogP contribution < -0.4 is 4.74 Å². The van der Waals surface area contributed by atoms with Crippen LogP contribution in [-0.4, -0.2) is 27.4 Å². The van der Waals surface area contributed by atoms with Gasteiger partial charge in [0.05, 0.1) is 22.1 Å². The van der Waals surface area contributed by atoms with E-state index in [1.807, 2.05) is 66.7 Å². The lowest BCUT2D eigenvalue weighted by Gasteiger charge is -2.16. The fourth-order valence-electron chi connectivity index (χ4n) is 3.25. The Bertz CT molecular complexity index is 1070. The summed E-state index contributed by atoms with van der Waals surface area (Å²) < 4.78 is 8.76. The fourth-order valence-corrected chi connectivity index (χ4v) is 3.65. The first-order valence-electron chi connectivity index (χ1n) is 9.24. The van der Waals surface area contributed by atoms with Gasteiger partial charge >= 0.3 is 0 Å². The van der Waals surface area contributed by atoms with Crippen LogP contribution in [0.3, 0.4) is 0 Å². The van der Waals surface area contributed by atoms with Crippen LogP contribution in [-0.2, 0) is 13.0 Å². The van der Waals surface area contributed by atoms with Crippen molar-refractivity contribution in [3.8, 4) is 5.75 Å². The number of imidazole rings is 1. The van der Waals surface area contributed by atoms with Crippen molar-refractivity contribution in [3.63, 3.8) is 0 Å². The summed E-state index contributed by atoms with van der Waals surface area (Å²) in [4.78, 5) is 4.80. The second kappa shape index (κ2) is 9.92. The number of nitrogens with zero attached hydrogens (tertiary/aromatic N) is 2. The van der Waals surface area contributed by atoms with Crippen molar-refractivity contribution in [2.24, 2.45) is 0 Å². The average Bonchev–Trinajstić information content (AvgIpc) is 3.05. The highest BCUT2D eigenvalue weighted by atomic mass is 79.9. The Balaban J connectivity index is 0.00000240. The van der Waals surface area contributed by atoms with E-state index in [2.05, 4.69) is 32.6 Å². The third-order valence-corrected chi connectivity index (χ3v) is 5.25. The molecule has 0 aliphatic heterocycles. The molecule has 0 spiro atoms. The van der Waals surface area contributed by atoms with Crippen molar-refractivity contribution in [2.75, 3.05) is 6.61 Å². The number of aliphatic hydroxyl groups is 1. The molecule has 0 aliphatic carbocycles. The summed E-state index contributed by atoms with van der Waals surface area (Å²) in [6, 6.07) is 25.9. The normalized spacial score (nSPS) is 11.8. The van der Waals surface area contributed by atoms with E-state index in [4.69, 9.17) is 9.72 Å². The van der Waals surface area contributed by atoms with E-state index in [9.17, 15) is 5.11 Å². The molecule has 1 N–H and O–H groups in total. The third-order valence-electron chi connectivity index (χ3n) is 4.60. The van der Waals surface area contributed by atoms with Gasteiger partial charge in [-0.05, 0) is 45.8 Å². The smallest absolute Gasteiger partial charge is 0.133 e. The Morgan fingerprint density at radius 1 is 0.931 bits per heavy atom. The summed E-state index contributed by atoms with van der Waals surface area (Å²) in [5.74, 6) is 1.66. The van der Waals surface area contributed by atoms with Crippen molar-refractivity contribution in [1.29, 1.82) is 0 Å². The van der Waals surface area contributed by atoms with E-state index in [0.29, 0.717) is 13.0 Å². The van der Waals surface area contributed by atoms with Gasteiger partial charge in [-0.1, -0.05) is 54.6 Å². The van der Waals surface area contributed by atoms with E-state index in [0.717, 1.165) is 27.1 Å². The predicted octanol–water partition coefficient (Wildman–Crippen LogP) is 5.25. The second-order valence-electron chi connectivity index (χ2n) is 6.68. The summed E-state index contributed by atoms with van der Waals surface area (Å²) >= 11 is 3.47. The maximum Gasteiger partial charge on any atom is 0.133 e. The van der Waals surface area contributed by atoms with Gasteiger partial charge in [-0.15, -0.1) is 12.4 Å². The van der Waals surface area contributed by atoms with Crippen molar-refractivity contribution in [2.45, 2.75) is 19.1 Å². The number of hydrogen-bond acceptors (Lipinski definition) is 3. The summed E-state index contributed by atoms with van der Waals surface area (Å²) in [6.07, 6.45) is 0.0621. The summed E-state index contributed by atoms with van der Waals surface area (Å²) in [5.41, 5.74) is 3.15. The number of aliphatic hydroxyl groups excluding tert-OH is 1. The molecule has 29 heavy (non-hydrogen) atoms. The molecule has 0 aliphatic rings. The van der Waals surface area contributed by atoms with Crippen LogP contribution in [0.4, 0.5) is 0 Å². The zero-order valence-electron chi connectivity index (χ0n) is 15.7. The number of para-hydroxylation sites is 3. The van der Waals surface area contributed by atoms with Gasteiger partial charge in [0.1, 0.15) is 24.3 Å². The van der Waals surface area contributed by atoms with Crippen LogP contribution in [0.1, 0.15) is 11.4 Å². The molecular formula is C23H22BrClN2O2. The molecule has 0 amide bonds. The second-order valence-corrected chi connectivity index (χ2v) is 7.54. The highest BCUT2D eigenvalue weighted by Gasteiger charge is 2.15. The van der Waals surface area contributed by atoms with Gasteiger partial charge in [0.25, 0.3) is 0 Å². The Morgan fingerprint density at radius 2 is 1.62 bits per heavy atom. The predicted molar refractivity (Wildman–Crippen MR) is 122 cm³/mol. The minimum Gasteiger partial charge on any atom is -0.490 e. The lowest BCUT2D eigenvalue weighted by Crippen LogP contribution is -2.24. The molecule has 0 saturated heterocycles. The van der Waals surface area contributed by atoms with Crippen molar-refractivity contribution < 1.29 is 9.84 Å². The van der Waals surface area contributed by atoms with Gasteiger partial charge < -0.3 is 14.4 Å². The molecule has 1 unspecified atom stereocenters. The summed E-state index contributed by atoms with van der Waals surface area (Å²) in [7, 11) is 0. The van der Waals surface area contributed by atoms with Gasteiger partial charge in [-0.25, -0.2) is 4.98 Å². The molecule has 4 nitrogen and oxygen atoms in total. The number of halogens is 2. The molecule has 0 saturated carbocycles.